The van der Waals surface area contributed by atoms with Crippen LogP contribution in [0.25, 0.3) is 0 Å². The van der Waals surface area contributed by atoms with Gasteiger partial charge in [0.2, 0.25) is 10.0 Å². The van der Waals surface area contributed by atoms with E-state index < -0.39 is 14.9 Å². The van der Waals surface area contributed by atoms with E-state index >= 15 is 0 Å². The number of nitrogens with one attached hydrogen (secondary N) is 1. The zero-order valence-electron chi connectivity index (χ0n) is 13.4. The zero-order chi connectivity index (χ0) is 17.3. The lowest BCUT2D eigenvalue weighted by molar-refractivity contribution is -0.384. The SMILES string of the molecule is Cl.O=[N+]([O-])c1ccc(S(=O)(=O)N2CCN(C3CCNC3)CC2)c(Cl)c1. The van der Waals surface area contributed by atoms with E-state index in [1.165, 1.54) is 16.4 Å². The standard InChI is InChI=1S/C14H19ClN4O4S.ClH/c15-13-9-11(19(20)21)1-2-14(13)24(22,23)18-7-5-17(6-8-18)12-3-4-16-10-12;/h1-2,9,12,16H,3-8,10H2;1H. The van der Waals surface area contributed by atoms with Crippen LogP contribution in [0.3, 0.4) is 0 Å². The van der Waals surface area contributed by atoms with Gasteiger partial charge in [-0.2, -0.15) is 4.31 Å². The Kier molecular flexibility index (Phi) is 6.63. The van der Waals surface area contributed by atoms with Crippen molar-refractivity contribution in [3.05, 3.63) is 33.3 Å². The van der Waals surface area contributed by atoms with E-state index in [1.54, 1.807) is 0 Å². The first-order valence-electron chi connectivity index (χ1n) is 7.78. The maximum absolute atomic E-state index is 12.8. The molecule has 0 bridgehead atoms. The lowest BCUT2D eigenvalue weighted by Crippen LogP contribution is -2.52. The fourth-order valence-corrected chi connectivity index (χ4v) is 5.15. The molecule has 3 rings (SSSR count). The van der Waals surface area contributed by atoms with Crippen molar-refractivity contribution in [2.24, 2.45) is 0 Å². The third kappa shape index (κ3) is 4.24. The van der Waals surface area contributed by atoms with Crippen LogP contribution < -0.4 is 5.32 Å². The summed E-state index contributed by atoms with van der Waals surface area (Å²) in [6.07, 6.45) is 1.08. The third-order valence-corrected chi connectivity index (χ3v) is 6.95. The molecule has 25 heavy (non-hydrogen) atoms. The van der Waals surface area contributed by atoms with Crippen molar-refractivity contribution in [1.29, 1.82) is 0 Å². The average molecular weight is 411 g/mol. The lowest BCUT2D eigenvalue weighted by atomic mass is 10.2. The van der Waals surface area contributed by atoms with Crippen molar-refractivity contribution < 1.29 is 13.3 Å². The summed E-state index contributed by atoms with van der Waals surface area (Å²) in [4.78, 5) is 12.4. The summed E-state index contributed by atoms with van der Waals surface area (Å²) in [6, 6.07) is 3.93. The van der Waals surface area contributed by atoms with Crippen LogP contribution in [-0.2, 0) is 10.0 Å². The topological polar surface area (TPSA) is 95.8 Å². The van der Waals surface area contributed by atoms with Gasteiger partial charge in [0.15, 0.2) is 0 Å². The Morgan fingerprint density at radius 3 is 2.44 bits per heavy atom. The molecule has 0 aromatic heterocycles. The first-order chi connectivity index (χ1) is 11.4. The van der Waals surface area contributed by atoms with Crippen LogP contribution in [0.15, 0.2) is 23.1 Å². The molecule has 1 unspecified atom stereocenters. The number of hydrogen-bond donors (Lipinski definition) is 1. The van der Waals surface area contributed by atoms with Gasteiger partial charge in [-0.25, -0.2) is 8.42 Å². The van der Waals surface area contributed by atoms with Gasteiger partial charge < -0.3 is 5.32 Å². The maximum atomic E-state index is 12.8. The van der Waals surface area contributed by atoms with E-state index in [0.29, 0.717) is 32.2 Å². The molecule has 1 atom stereocenters. The number of halogens is 2. The minimum atomic E-state index is -3.75. The van der Waals surface area contributed by atoms with Crippen LogP contribution in [-0.4, -0.2) is 67.9 Å². The Morgan fingerprint density at radius 1 is 1.24 bits per heavy atom. The summed E-state index contributed by atoms with van der Waals surface area (Å²) in [7, 11) is -3.75. The van der Waals surface area contributed by atoms with E-state index in [1.807, 2.05) is 0 Å². The molecule has 0 spiro atoms. The van der Waals surface area contributed by atoms with E-state index in [0.717, 1.165) is 25.6 Å². The first kappa shape index (κ1) is 20.3. The molecular formula is C14H20Cl2N4O4S. The summed E-state index contributed by atoms with van der Waals surface area (Å²) in [5.74, 6) is 0. The molecule has 2 aliphatic rings. The molecule has 1 aromatic rings. The molecule has 2 fully saturated rings. The molecular weight excluding hydrogens is 391 g/mol. The van der Waals surface area contributed by atoms with Crippen LogP contribution >= 0.6 is 24.0 Å². The van der Waals surface area contributed by atoms with Crippen molar-refractivity contribution in [2.45, 2.75) is 17.4 Å². The van der Waals surface area contributed by atoms with Crippen molar-refractivity contribution in [3.8, 4) is 0 Å². The van der Waals surface area contributed by atoms with Gasteiger partial charge in [-0.3, -0.25) is 15.0 Å². The molecule has 8 nitrogen and oxygen atoms in total. The molecule has 2 heterocycles. The number of nitro groups is 1. The number of hydrogen-bond acceptors (Lipinski definition) is 6. The van der Waals surface area contributed by atoms with Crippen LogP contribution in [0.2, 0.25) is 5.02 Å². The van der Waals surface area contributed by atoms with Crippen LogP contribution in [0.5, 0.6) is 0 Å². The summed E-state index contributed by atoms with van der Waals surface area (Å²) < 4.78 is 26.9. The van der Waals surface area contributed by atoms with Crippen LogP contribution in [0.4, 0.5) is 5.69 Å². The highest BCUT2D eigenvalue weighted by Gasteiger charge is 2.33. The molecule has 0 saturated carbocycles. The fraction of sp³-hybridized carbons (Fsp3) is 0.571. The van der Waals surface area contributed by atoms with Crippen molar-refractivity contribution >= 4 is 39.7 Å². The lowest BCUT2D eigenvalue weighted by Gasteiger charge is -2.37. The molecule has 0 aliphatic carbocycles. The number of benzene rings is 1. The number of non-ortho nitro benzene ring substituents is 1. The van der Waals surface area contributed by atoms with Crippen LogP contribution in [0, 0.1) is 10.1 Å². The monoisotopic (exact) mass is 410 g/mol. The van der Waals surface area contributed by atoms with E-state index in [-0.39, 0.29) is 28.0 Å². The minimum absolute atomic E-state index is 0. The largest absolute Gasteiger partial charge is 0.315 e. The van der Waals surface area contributed by atoms with Crippen LogP contribution in [0.1, 0.15) is 6.42 Å². The van der Waals surface area contributed by atoms with Crippen molar-refractivity contribution in [3.63, 3.8) is 0 Å². The number of rotatable bonds is 4. The number of nitro benzene ring substituents is 1. The molecule has 0 amide bonds. The molecule has 2 saturated heterocycles. The van der Waals surface area contributed by atoms with Gasteiger partial charge in [0.05, 0.1) is 9.95 Å². The Bertz CT molecular complexity index is 732. The van der Waals surface area contributed by atoms with E-state index in [9.17, 15) is 18.5 Å². The Hall–Kier alpha value is -0.970. The number of piperazine rings is 1. The van der Waals surface area contributed by atoms with Gasteiger partial charge in [-0.15, -0.1) is 12.4 Å². The van der Waals surface area contributed by atoms with Gasteiger partial charge in [-0.05, 0) is 19.0 Å². The van der Waals surface area contributed by atoms with E-state index in [4.69, 9.17) is 11.6 Å². The molecule has 1 N–H and O–H groups in total. The highest BCUT2D eigenvalue weighted by atomic mass is 35.5. The molecule has 0 radical (unpaired) electrons. The highest BCUT2D eigenvalue weighted by Crippen LogP contribution is 2.29. The minimum Gasteiger partial charge on any atom is -0.315 e. The Labute approximate surface area is 157 Å². The van der Waals surface area contributed by atoms with Gasteiger partial charge in [0.25, 0.3) is 5.69 Å². The second-order valence-electron chi connectivity index (χ2n) is 5.96. The number of sulfonamides is 1. The predicted molar refractivity (Wildman–Crippen MR) is 97.0 cm³/mol. The summed E-state index contributed by atoms with van der Waals surface area (Å²) >= 11 is 5.98. The quantitative estimate of drug-likeness (QED) is 0.594. The molecule has 2 aliphatic heterocycles. The molecule has 1 aromatic carbocycles. The zero-order valence-corrected chi connectivity index (χ0v) is 15.8. The normalized spacial score (nSPS) is 22.5. The maximum Gasteiger partial charge on any atom is 0.271 e. The van der Waals surface area contributed by atoms with E-state index in [2.05, 4.69) is 10.2 Å². The second kappa shape index (κ2) is 8.15. The predicted octanol–water partition coefficient (Wildman–Crippen LogP) is 1.34. The first-order valence-corrected chi connectivity index (χ1v) is 9.60. The van der Waals surface area contributed by atoms with Crippen molar-refractivity contribution in [1.82, 2.24) is 14.5 Å². The summed E-state index contributed by atoms with van der Waals surface area (Å²) in [5, 5.41) is 13.9. The Balaban J connectivity index is 0.00000225. The molecule has 11 heteroatoms. The van der Waals surface area contributed by atoms with Gasteiger partial charge >= 0.3 is 0 Å². The number of nitrogens with zero attached hydrogens (tertiary/aromatic N) is 3. The third-order valence-electron chi connectivity index (χ3n) is 4.57. The fourth-order valence-electron chi connectivity index (χ4n) is 3.21. The second-order valence-corrected chi connectivity index (χ2v) is 8.27. The van der Waals surface area contributed by atoms with Crippen molar-refractivity contribution in [2.75, 3.05) is 39.3 Å². The molecule has 140 valence electrons. The van der Waals surface area contributed by atoms with Gasteiger partial charge in [0.1, 0.15) is 4.90 Å². The summed E-state index contributed by atoms with van der Waals surface area (Å²) in [6.45, 7) is 4.09. The van der Waals surface area contributed by atoms with Gasteiger partial charge in [-0.1, -0.05) is 11.6 Å². The Morgan fingerprint density at radius 2 is 1.92 bits per heavy atom. The average Bonchev–Trinajstić information content (AvgIpc) is 3.09. The highest BCUT2D eigenvalue weighted by molar-refractivity contribution is 7.89. The van der Waals surface area contributed by atoms with Gasteiger partial charge in [0, 0.05) is 50.9 Å². The smallest absolute Gasteiger partial charge is 0.271 e. The summed E-state index contributed by atoms with van der Waals surface area (Å²) in [5.41, 5.74) is -0.225.